The first-order valence-corrected chi connectivity index (χ1v) is 5.82. The molecule has 0 heterocycles. The molecule has 1 aromatic carbocycles. The molecule has 1 amide bonds. The first kappa shape index (κ1) is 12.6. The minimum atomic E-state index is -1.22. The van der Waals surface area contributed by atoms with Crippen LogP contribution < -0.4 is 5.32 Å². The Balaban J connectivity index is 1.92. The fourth-order valence-electron chi connectivity index (χ4n) is 2.02. The van der Waals surface area contributed by atoms with E-state index in [0.29, 0.717) is 0 Å². The van der Waals surface area contributed by atoms with Gasteiger partial charge in [0.25, 0.3) is 0 Å². The number of benzene rings is 1. The largest absolute Gasteiger partial charge is 0.480 e. The van der Waals surface area contributed by atoms with E-state index in [9.17, 15) is 9.59 Å². The predicted molar refractivity (Wildman–Crippen MR) is 63.9 cm³/mol. The lowest BCUT2D eigenvalue weighted by Gasteiger charge is -2.11. The van der Waals surface area contributed by atoms with Gasteiger partial charge in [-0.25, -0.2) is 4.79 Å². The van der Waals surface area contributed by atoms with Crippen LogP contribution in [0.1, 0.15) is 17.9 Å². The van der Waals surface area contributed by atoms with E-state index in [2.05, 4.69) is 5.32 Å². The quantitative estimate of drug-likeness (QED) is 0.703. The van der Waals surface area contributed by atoms with Gasteiger partial charge < -0.3 is 15.5 Å². The van der Waals surface area contributed by atoms with Crippen molar-refractivity contribution < 1.29 is 19.8 Å². The van der Waals surface area contributed by atoms with Crippen molar-refractivity contribution in [1.82, 2.24) is 5.32 Å². The lowest BCUT2D eigenvalue weighted by molar-refractivity contribution is -0.143. The first-order valence-electron chi connectivity index (χ1n) is 5.82. The molecule has 3 N–H and O–H groups in total. The molecule has 1 saturated carbocycles. The minimum Gasteiger partial charge on any atom is -0.480 e. The van der Waals surface area contributed by atoms with Gasteiger partial charge in [0.05, 0.1) is 6.61 Å². The van der Waals surface area contributed by atoms with Crippen LogP contribution >= 0.6 is 0 Å². The summed E-state index contributed by atoms with van der Waals surface area (Å²) < 4.78 is 0. The van der Waals surface area contributed by atoms with E-state index in [0.717, 1.165) is 12.0 Å². The highest BCUT2D eigenvalue weighted by Crippen LogP contribution is 2.47. The van der Waals surface area contributed by atoms with E-state index in [1.165, 1.54) is 0 Å². The number of amides is 1. The van der Waals surface area contributed by atoms with Gasteiger partial charge in [0.2, 0.25) is 5.91 Å². The zero-order valence-corrected chi connectivity index (χ0v) is 9.74. The predicted octanol–water partition coefficient (Wildman–Crippen LogP) is 0.352. The number of aliphatic hydroxyl groups is 1. The number of aliphatic carboxylic acids is 1. The number of carbonyl (C=O) groups is 2. The summed E-state index contributed by atoms with van der Waals surface area (Å²) in [5, 5.41) is 19.9. The normalized spacial score (nSPS) is 23.2. The summed E-state index contributed by atoms with van der Waals surface area (Å²) in [5.74, 6) is -1.53. The van der Waals surface area contributed by atoms with Crippen LogP contribution in [0.2, 0.25) is 0 Å². The van der Waals surface area contributed by atoms with Crippen molar-refractivity contribution >= 4 is 11.9 Å². The number of aliphatic hydroxyl groups excluding tert-OH is 1. The van der Waals surface area contributed by atoms with E-state index in [1.807, 2.05) is 30.3 Å². The second-order valence-corrected chi connectivity index (χ2v) is 4.44. The molecule has 2 rings (SSSR count). The fraction of sp³-hybridized carbons (Fsp3) is 0.385. The highest BCUT2D eigenvalue weighted by atomic mass is 16.4. The van der Waals surface area contributed by atoms with Crippen molar-refractivity contribution in [2.24, 2.45) is 5.92 Å². The highest BCUT2D eigenvalue weighted by molar-refractivity contribution is 5.87. The molecule has 0 bridgehead atoms. The molecule has 5 heteroatoms. The van der Waals surface area contributed by atoms with Crippen LogP contribution in [0.4, 0.5) is 0 Å². The van der Waals surface area contributed by atoms with Crippen LogP contribution in [0, 0.1) is 5.92 Å². The fourth-order valence-corrected chi connectivity index (χ4v) is 2.02. The van der Waals surface area contributed by atoms with Crippen LogP contribution in [-0.4, -0.2) is 34.7 Å². The second-order valence-electron chi connectivity index (χ2n) is 4.44. The van der Waals surface area contributed by atoms with Crippen molar-refractivity contribution in [3.8, 4) is 0 Å². The second kappa shape index (κ2) is 5.18. The highest BCUT2D eigenvalue weighted by Gasteiger charge is 2.44. The van der Waals surface area contributed by atoms with Gasteiger partial charge in [-0.3, -0.25) is 4.79 Å². The SMILES string of the molecule is O=C(N[C@@H](CO)C(=O)O)C1CC1c1ccccc1. The number of nitrogens with one attached hydrogen (secondary N) is 1. The van der Waals surface area contributed by atoms with E-state index < -0.39 is 18.6 Å². The van der Waals surface area contributed by atoms with Gasteiger partial charge in [0.1, 0.15) is 6.04 Å². The Morgan fingerprint density at radius 2 is 2.00 bits per heavy atom. The molecule has 0 aromatic heterocycles. The topological polar surface area (TPSA) is 86.6 Å². The van der Waals surface area contributed by atoms with Crippen LogP contribution in [0.5, 0.6) is 0 Å². The molecule has 0 spiro atoms. The Bertz CT molecular complexity index is 446. The smallest absolute Gasteiger partial charge is 0.328 e. The molecule has 0 aliphatic heterocycles. The lowest BCUT2D eigenvalue weighted by Crippen LogP contribution is -2.44. The molecule has 2 unspecified atom stereocenters. The maximum absolute atomic E-state index is 11.8. The average Bonchev–Trinajstić information content (AvgIpc) is 3.16. The van der Waals surface area contributed by atoms with E-state index in [4.69, 9.17) is 10.2 Å². The molecule has 1 aliphatic carbocycles. The molecule has 0 saturated heterocycles. The van der Waals surface area contributed by atoms with Gasteiger partial charge in [-0.2, -0.15) is 0 Å². The summed E-state index contributed by atoms with van der Waals surface area (Å²) in [6, 6.07) is 8.44. The maximum atomic E-state index is 11.8. The molecule has 0 radical (unpaired) electrons. The van der Waals surface area contributed by atoms with Crippen molar-refractivity contribution in [2.75, 3.05) is 6.61 Å². The number of rotatable bonds is 5. The van der Waals surface area contributed by atoms with E-state index in [-0.39, 0.29) is 17.7 Å². The van der Waals surface area contributed by atoms with Gasteiger partial charge >= 0.3 is 5.97 Å². The molecule has 1 fully saturated rings. The number of hydrogen-bond acceptors (Lipinski definition) is 3. The molecule has 3 atom stereocenters. The van der Waals surface area contributed by atoms with Crippen LogP contribution in [0.3, 0.4) is 0 Å². The van der Waals surface area contributed by atoms with Gasteiger partial charge in [0.15, 0.2) is 0 Å². The Hall–Kier alpha value is -1.88. The summed E-state index contributed by atoms with van der Waals surface area (Å²) in [6.07, 6.45) is 0.730. The number of hydrogen-bond donors (Lipinski definition) is 3. The van der Waals surface area contributed by atoms with Crippen LogP contribution in [-0.2, 0) is 9.59 Å². The minimum absolute atomic E-state index is 0.166. The number of carboxylic acids is 1. The molecule has 96 valence electrons. The summed E-state index contributed by atoms with van der Waals surface area (Å²) in [7, 11) is 0. The van der Waals surface area contributed by atoms with Gasteiger partial charge in [-0.15, -0.1) is 0 Å². The van der Waals surface area contributed by atoms with Gasteiger partial charge in [0, 0.05) is 5.92 Å². The van der Waals surface area contributed by atoms with Crippen LogP contribution in [0.15, 0.2) is 30.3 Å². The van der Waals surface area contributed by atoms with E-state index in [1.54, 1.807) is 0 Å². The zero-order chi connectivity index (χ0) is 13.1. The van der Waals surface area contributed by atoms with E-state index >= 15 is 0 Å². The van der Waals surface area contributed by atoms with Crippen LogP contribution in [0.25, 0.3) is 0 Å². The summed E-state index contributed by atoms with van der Waals surface area (Å²) in [5.41, 5.74) is 1.09. The third kappa shape index (κ3) is 2.68. The molecular formula is C13H15NO4. The summed E-state index contributed by atoms with van der Waals surface area (Å²) in [4.78, 5) is 22.5. The third-order valence-electron chi connectivity index (χ3n) is 3.15. The Morgan fingerprint density at radius 1 is 1.33 bits per heavy atom. The standard InChI is InChI=1S/C13H15NO4/c15-7-11(13(17)18)14-12(16)10-6-9(10)8-4-2-1-3-5-8/h1-5,9-11,15H,6-7H2,(H,14,16)(H,17,18)/t9?,10?,11-/m0/s1. The maximum Gasteiger partial charge on any atom is 0.328 e. The Kier molecular flexibility index (Phi) is 3.62. The Labute approximate surface area is 104 Å². The summed E-state index contributed by atoms with van der Waals surface area (Å²) in [6.45, 7) is -0.593. The third-order valence-corrected chi connectivity index (χ3v) is 3.15. The average molecular weight is 249 g/mol. The van der Waals surface area contributed by atoms with Crippen molar-refractivity contribution in [2.45, 2.75) is 18.4 Å². The number of carboxylic acid groups (broad SMARTS) is 1. The van der Waals surface area contributed by atoms with Gasteiger partial charge in [-0.05, 0) is 17.9 Å². The summed E-state index contributed by atoms with van der Waals surface area (Å²) >= 11 is 0. The lowest BCUT2D eigenvalue weighted by atomic mass is 10.1. The molecule has 5 nitrogen and oxygen atoms in total. The van der Waals surface area contributed by atoms with Crippen molar-refractivity contribution in [1.29, 1.82) is 0 Å². The van der Waals surface area contributed by atoms with Crippen molar-refractivity contribution in [3.63, 3.8) is 0 Å². The molecule has 18 heavy (non-hydrogen) atoms. The monoisotopic (exact) mass is 249 g/mol. The number of carbonyl (C=O) groups excluding carboxylic acids is 1. The zero-order valence-electron chi connectivity index (χ0n) is 9.74. The Morgan fingerprint density at radius 3 is 2.56 bits per heavy atom. The molecular weight excluding hydrogens is 234 g/mol. The van der Waals surface area contributed by atoms with Gasteiger partial charge in [-0.1, -0.05) is 30.3 Å². The van der Waals surface area contributed by atoms with Crippen molar-refractivity contribution in [3.05, 3.63) is 35.9 Å². The molecule has 1 aliphatic rings. The molecule has 1 aromatic rings. The first-order chi connectivity index (χ1) is 8.63.